The number of carbonyl (C=O) groups excluding carboxylic acids is 1. The largest absolute Gasteiger partial charge is 0.349 e. The number of halogens is 2. The molecular weight excluding hydrogens is 142 g/mol. The molecule has 10 heavy (non-hydrogen) atoms. The summed E-state index contributed by atoms with van der Waals surface area (Å²) >= 11 is 0. The van der Waals surface area contributed by atoms with Crippen LogP contribution >= 0.6 is 0 Å². The Morgan fingerprint density at radius 3 is 2.50 bits per heavy atom. The first-order valence-electron chi connectivity index (χ1n) is 2.80. The lowest BCUT2D eigenvalue weighted by Crippen LogP contribution is -2.37. The third kappa shape index (κ3) is 5.43. The van der Waals surface area contributed by atoms with Crippen LogP contribution in [-0.2, 0) is 4.79 Å². The van der Waals surface area contributed by atoms with Gasteiger partial charge >= 0.3 is 0 Å². The van der Waals surface area contributed by atoms with E-state index in [1.807, 2.05) is 5.32 Å². The summed E-state index contributed by atoms with van der Waals surface area (Å²) < 4.78 is 23.9. The molecule has 0 atom stereocenters. The molecule has 0 aliphatic carbocycles. The summed E-state index contributed by atoms with van der Waals surface area (Å²) in [4.78, 5) is 10.3. The average Bonchev–Trinajstić information content (AvgIpc) is 1.81. The van der Waals surface area contributed by atoms with Crippen molar-refractivity contribution in [3.05, 3.63) is 0 Å². The van der Waals surface area contributed by atoms with Gasteiger partial charge in [0.15, 0.2) is 0 Å². The molecule has 0 aromatic carbocycles. The molecule has 3 N–H and O–H groups in total. The summed E-state index contributed by atoms with van der Waals surface area (Å²) in [7, 11) is 0. The predicted molar refractivity (Wildman–Crippen MR) is 32.7 cm³/mol. The molecule has 0 fully saturated rings. The molecule has 60 valence electrons. The summed E-state index contributed by atoms with van der Waals surface area (Å²) in [6.45, 7) is -0.178. The monoisotopic (exact) mass is 152 g/mol. The van der Waals surface area contributed by atoms with Crippen LogP contribution in [0.4, 0.5) is 8.78 Å². The number of amides is 1. The van der Waals surface area contributed by atoms with E-state index in [1.54, 1.807) is 0 Å². The number of rotatable bonds is 3. The Hall–Kier alpha value is -0.710. The normalized spacial score (nSPS) is 11.2. The van der Waals surface area contributed by atoms with Crippen molar-refractivity contribution in [2.45, 2.75) is 12.8 Å². The zero-order chi connectivity index (χ0) is 8.20. The molecule has 3 nitrogen and oxygen atoms in total. The molecule has 0 rings (SSSR count). The number of alkyl halides is 2. The molecule has 0 saturated carbocycles. The molecule has 0 aliphatic heterocycles. The van der Waals surface area contributed by atoms with E-state index in [1.165, 1.54) is 0 Å². The Morgan fingerprint density at radius 1 is 1.70 bits per heavy atom. The van der Waals surface area contributed by atoms with E-state index in [0.717, 1.165) is 6.92 Å². The smallest absolute Gasteiger partial charge is 0.262 e. The van der Waals surface area contributed by atoms with Crippen LogP contribution in [0.1, 0.15) is 6.92 Å². The Kier molecular flexibility index (Phi) is 3.21. The van der Waals surface area contributed by atoms with Crippen molar-refractivity contribution in [2.75, 3.05) is 13.1 Å². The van der Waals surface area contributed by atoms with Gasteiger partial charge in [-0.1, -0.05) is 0 Å². The fourth-order valence-electron chi connectivity index (χ4n) is 0.326. The van der Waals surface area contributed by atoms with Gasteiger partial charge in [-0.25, -0.2) is 8.78 Å². The van der Waals surface area contributed by atoms with Crippen LogP contribution in [0.5, 0.6) is 0 Å². The van der Waals surface area contributed by atoms with Crippen LogP contribution in [0.2, 0.25) is 0 Å². The summed E-state index contributed by atoms with van der Waals surface area (Å²) in [6, 6.07) is 0. The minimum Gasteiger partial charge on any atom is -0.349 e. The lowest BCUT2D eigenvalue weighted by atomic mass is 10.4. The van der Waals surface area contributed by atoms with E-state index in [4.69, 9.17) is 5.73 Å². The maximum absolute atomic E-state index is 12.0. The molecule has 0 aromatic rings. The maximum atomic E-state index is 12.0. The second kappa shape index (κ2) is 3.46. The molecule has 1 amide bonds. The van der Waals surface area contributed by atoms with Gasteiger partial charge in [0.05, 0.1) is 13.1 Å². The van der Waals surface area contributed by atoms with Crippen molar-refractivity contribution in [1.82, 2.24) is 5.32 Å². The first-order chi connectivity index (χ1) is 4.45. The van der Waals surface area contributed by atoms with Crippen molar-refractivity contribution in [3.63, 3.8) is 0 Å². The van der Waals surface area contributed by atoms with Gasteiger partial charge in [0.2, 0.25) is 5.91 Å². The second-order valence-corrected chi connectivity index (χ2v) is 2.05. The van der Waals surface area contributed by atoms with Crippen LogP contribution in [0.25, 0.3) is 0 Å². The second-order valence-electron chi connectivity index (χ2n) is 2.05. The van der Waals surface area contributed by atoms with Crippen LogP contribution in [-0.4, -0.2) is 24.9 Å². The standard InChI is InChI=1S/C5H10F2N2O/c1-5(6,7)3-9-4(10)2-8/h2-3,8H2,1H3,(H,9,10). The lowest BCUT2D eigenvalue weighted by molar-refractivity contribution is -0.121. The zero-order valence-corrected chi connectivity index (χ0v) is 5.66. The maximum Gasteiger partial charge on any atom is 0.262 e. The Bertz CT molecular complexity index is 121. The van der Waals surface area contributed by atoms with Crippen LogP contribution in [0.3, 0.4) is 0 Å². The van der Waals surface area contributed by atoms with E-state index >= 15 is 0 Å². The molecule has 0 bridgehead atoms. The van der Waals surface area contributed by atoms with Crippen molar-refractivity contribution in [3.8, 4) is 0 Å². The quantitative estimate of drug-likeness (QED) is 0.584. The number of hydrogen-bond acceptors (Lipinski definition) is 2. The lowest BCUT2D eigenvalue weighted by Gasteiger charge is -2.09. The topological polar surface area (TPSA) is 55.1 Å². The molecule has 5 heteroatoms. The van der Waals surface area contributed by atoms with Crippen LogP contribution < -0.4 is 11.1 Å². The van der Waals surface area contributed by atoms with Gasteiger partial charge in [-0.15, -0.1) is 0 Å². The molecule has 0 aliphatic rings. The fraction of sp³-hybridized carbons (Fsp3) is 0.800. The molecule has 0 aromatic heterocycles. The highest BCUT2D eigenvalue weighted by Gasteiger charge is 2.20. The first kappa shape index (κ1) is 9.29. The van der Waals surface area contributed by atoms with Gasteiger partial charge in [-0.2, -0.15) is 0 Å². The number of nitrogens with one attached hydrogen (secondary N) is 1. The van der Waals surface area contributed by atoms with Gasteiger partial charge in [-0.3, -0.25) is 4.79 Å². The third-order valence-corrected chi connectivity index (χ3v) is 0.781. The highest BCUT2D eigenvalue weighted by atomic mass is 19.3. The summed E-state index contributed by atoms with van der Waals surface area (Å²) in [5.41, 5.74) is 4.84. The molecular formula is C5H10F2N2O. The minimum absolute atomic E-state index is 0.254. The Labute approximate surface area is 57.6 Å². The molecule has 0 radical (unpaired) electrons. The number of hydrogen-bond donors (Lipinski definition) is 2. The van der Waals surface area contributed by atoms with Gasteiger partial charge in [0.25, 0.3) is 5.92 Å². The zero-order valence-electron chi connectivity index (χ0n) is 5.66. The highest BCUT2D eigenvalue weighted by molar-refractivity contribution is 5.77. The first-order valence-corrected chi connectivity index (χ1v) is 2.80. The molecule has 0 spiro atoms. The van der Waals surface area contributed by atoms with E-state index in [-0.39, 0.29) is 6.54 Å². The van der Waals surface area contributed by atoms with Crippen molar-refractivity contribution in [1.29, 1.82) is 0 Å². The molecule has 0 unspecified atom stereocenters. The van der Waals surface area contributed by atoms with Crippen molar-refractivity contribution >= 4 is 5.91 Å². The fourth-order valence-corrected chi connectivity index (χ4v) is 0.326. The van der Waals surface area contributed by atoms with Gasteiger partial charge in [0.1, 0.15) is 0 Å². The van der Waals surface area contributed by atoms with Gasteiger partial charge in [0, 0.05) is 6.92 Å². The van der Waals surface area contributed by atoms with Crippen molar-refractivity contribution in [2.24, 2.45) is 5.73 Å². The minimum atomic E-state index is -2.86. The van der Waals surface area contributed by atoms with Crippen molar-refractivity contribution < 1.29 is 13.6 Å². The number of nitrogens with two attached hydrogens (primary N) is 1. The van der Waals surface area contributed by atoms with E-state index < -0.39 is 18.4 Å². The Balaban J connectivity index is 3.46. The third-order valence-electron chi connectivity index (χ3n) is 0.781. The summed E-state index contributed by atoms with van der Waals surface area (Å²) in [6.07, 6.45) is 0. The van der Waals surface area contributed by atoms with Gasteiger partial charge in [-0.05, 0) is 0 Å². The van der Waals surface area contributed by atoms with E-state index in [0.29, 0.717) is 0 Å². The molecule has 0 saturated heterocycles. The Morgan fingerprint density at radius 2 is 2.20 bits per heavy atom. The highest BCUT2D eigenvalue weighted by Crippen LogP contribution is 2.08. The van der Waals surface area contributed by atoms with E-state index in [2.05, 4.69) is 0 Å². The molecule has 0 heterocycles. The summed E-state index contributed by atoms with van der Waals surface area (Å²) in [5, 5.41) is 1.96. The van der Waals surface area contributed by atoms with Crippen LogP contribution in [0.15, 0.2) is 0 Å². The van der Waals surface area contributed by atoms with Crippen LogP contribution in [0, 0.1) is 0 Å². The SMILES string of the molecule is CC(F)(F)CNC(=O)CN. The summed E-state index contributed by atoms with van der Waals surface area (Å²) in [5.74, 6) is -3.42. The predicted octanol–water partition coefficient (Wildman–Crippen LogP) is -0.283. The number of carbonyl (C=O) groups is 1. The van der Waals surface area contributed by atoms with E-state index in [9.17, 15) is 13.6 Å². The average molecular weight is 152 g/mol. The van der Waals surface area contributed by atoms with Gasteiger partial charge < -0.3 is 11.1 Å².